The fourth-order valence-corrected chi connectivity index (χ4v) is 2.47. The average Bonchev–Trinajstić information content (AvgIpc) is 2.47. The molecule has 0 fully saturated rings. The van der Waals surface area contributed by atoms with E-state index in [0.29, 0.717) is 32.9 Å². The first-order valence-corrected chi connectivity index (χ1v) is 7.81. The Morgan fingerprint density at radius 1 is 1.14 bits per heavy atom. The van der Waals surface area contributed by atoms with Gasteiger partial charge >= 0.3 is 0 Å². The molecule has 2 aromatic rings. The first-order chi connectivity index (χ1) is 10.5. The van der Waals surface area contributed by atoms with Gasteiger partial charge in [0.05, 0.1) is 10.7 Å². The normalized spacial score (nSPS) is 11.8. The SMILES string of the molecule is CC[C@@H](Oc1cccc(Cl)c1)C(=O)Nc1ccc(Cl)cc1Cl. The van der Waals surface area contributed by atoms with E-state index >= 15 is 0 Å². The number of nitrogens with one attached hydrogen (secondary N) is 1. The molecule has 0 aliphatic carbocycles. The zero-order valence-electron chi connectivity index (χ0n) is 11.8. The molecule has 0 aromatic heterocycles. The molecule has 0 unspecified atom stereocenters. The summed E-state index contributed by atoms with van der Waals surface area (Å²) in [6.45, 7) is 1.86. The summed E-state index contributed by atoms with van der Waals surface area (Å²) in [5, 5.41) is 4.16. The molecule has 0 saturated carbocycles. The minimum atomic E-state index is -0.648. The third-order valence-corrected chi connectivity index (χ3v) is 3.71. The second kappa shape index (κ2) is 7.73. The summed E-state index contributed by atoms with van der Waals surface area (Å²) < 4.78 is 5.68. The maximum Gasteiger partial charge on any atom is 0.265 e. The van der Waals surface area contributed by atoms with Crippen LogP contribution in [0.15, 0.2) is 42.5 Å². The van der Waals surface area contributed by atoms with E-state index in [-0.39, 0.29) is 5.91 Å². The van der Waals surface area contributed by atoms with Gasteiger partial charge in [-0.1, -0.05) is 47.8 Å². The Kier molecular flexibility index (Phi) is 5.95. The number of rotatable bonds is 5. The summed E-state index contributed by atoms with van der Waals surface area (Å²) in [5.41, 5.74) is 0.490. The van der Waals surface area contributed by atoms with Gasteiger partial charge in [-0.05, 0) is 42.8 Å². The predicted octanol–water partition coefficient (Wildman–Crippen LogP) is 5.44. The monoisotopic (exact) mass is 357 g/mol. The second-order valence-electron chi connectivity index (χ2n) is 4.59. The van der Waals surface area contributed by atoms with E-state index in [1.165, 1.54) is 0 Å². The summed E-state index contributed by atoms with van der Waals surface area (Å²) in [6, 6.07) is 11.8. The van der Waals surface area contributed by atoms with Crippen LogP contribution < -0.4 is 10.1 Å². The lowest BCUT2D eigenvalue weighted by Crippen LogP contribution is -2.32. The van der Waals surface area contributed by atoms with E-state index in [4.69, 9.17) is 39.5 Å². The van der Waals surface area contributed by atoms with E-state index in [2.05, 4.69) is 5.32 Å². The van der Waals surface area contributed by atoms with E-state index in [1.807, 2.05) is 6.92 Å². The molecule has 0 heterocycles. The quantitative estimate of drug-likeness (QED) is 0.772. The molecule has 0 spiro atoms. The fraction of sp³-hybridized carbons (Fsp3) is 0.188. The van der Waals surface area contributed by atoms with Gasteiger partial charge in [0.15, 0.2) is 6.10 Å². The van der Waals surface area contributed by atoms with E-state index in [0.717, 1.165) is 0 Å². The smallest absolute Gasteiger partial charge is 0.265 e. The molecular formula is C16H14Cl3NO2. The summed E-state index contributed by atoms with van der Waals surface area (Å²) in [4.78, 5) is 12.3. The molecule has 2 aromatic carbocycles. The van der Waals surface area contributed by atoms with Crippen molar-refractivity contribution in [2.45, 2.75) is 19.4 Å². The lowest BCUT2D eigenvalue weighted by Gasteiger charge is -2.18. The molecule has 0 aliphatic heterocycles. The molecule has 3 nitrogen and oxygen atoms in total. The van der Waals surface area contributed by atoms with Crippen LogP contribution in [0.4, 0.5) is 5.69 Å². The zero-order valence-corrected chi connectivity index (χ0v) is 14.0. The average molecular weight is 359 g/mol. The van der Waals surface area contributed by atoms with Crippen molar-refractivity contribution in [2.75, 3.05) is 5.32 Å². The van der Waals surface area contributed by atoms with Crippen LogP contribution in [0.1, 0.15) is 13.3 Å². The van der Waals surface area contributed by atoms with E-state index in [1.54, 1.807) is 42.5 Å². The Bertz CT molecular complexity index is 676. The van der Waals surface area contributed by atoms with Gasteiger partial charge in [-0.25, -0.2) is 0 Å². The molecular weight excluding hydrogens is 345 g/mol. The molecule has 116 valence electrons. The third-order valence-electron chi connectivity index (χ3n) is 2.93. The van der Waals surface area contributed by atoms with Crippen molar-refractivity contribution in [3.63, 3.8) is 0 Å². The molecule has 0 radical (unpaired) electrons. The maximum absolute atomic E-state index is 12.3. The zero-order chi connectivity index (χ0) is 16.1. The van der Waals surface area contributed by atoms with Gasteiger partial charge in [0.25, 0.3) is 5.91 Å². The highest BCUT2D eigenvalue weighted by atomic mass is 35.5. The van der Waals surface area contributed by atoms with Crippen LogP contribution in [-0.2, 0) is 4.79 Å². The Labute approximate surface area is 144 Å². The van der Waals surface area contributed by atoms with Crippen LogP contribution in [0, 0.1) is 0 Å². The largest absolute Gasteiger partial charge is 0.481 e. The van der Waals surface area contributed by atoms with Gasteiger partial charge in [0.2, 0.25) is 0 Å². The topological polar surface area (TPSA) is 38.3 Å². The van der Waals surface area contributed by atoms with Crippen molar-refractivity contribution >= 4 is 46.4 Å². The van der Waals surface area contributed by atoms with Crippen LogP contribution in [0.25, 0.3) is 0 Å². The fourth-order valence-electron chi connectivity index (χ4n) is 1.83. The third kappa shape index (κ3) is 4.54. The van der Waals surface area contributed by atoms with Gasteiger partial charge in [-0.15, -0.1) is 0 Å². The van der Waals surface area contributed by atoms with Crippen LogP contribution >= 0.6 is 34.8 Å². The van der Waals surface area contributed by atoms with Gasteiger partial charge in [-0.3, -0.25) is 4.79 Å². The van der Waals surface area contributed by atoms with Crippen molar-refractivity contribution in [2.24, 2.45) is 0 Å². The van der Waals surface area contributed by atoms with Crippen molar-refractivity contribution in [3.8, 4) is 5.75 Å². The molecule has 0 aliphatic rings. The minimum Gasteiger partial charge on any atom is -0.481 e. The Balaban J connectivity index is 2.08. The van der Waals surface area contributed by atoms with Crippen molar-refractivity contribution in [1.29, 1.82) is 0 Å². The van der Waals surface area contributed by atoms with Crippen molar-refractivity contribution < 1.29 is 9.53 Å². The standard InChI is InChI=1S/C16H14Cl3NO2/c1-2-15(22-12-5-3-4-10(17)8-12)16(21)20-14-7-6-11(18)9-13(14)19/h3-9,15H,2H2,1H3,(H,20,21)/t15-/m1/s1. The van der Waals surface area contributed by atoms with Crippen molar-refractivity contribution in [1.82, 2.24) is 0 Å². The highest BCUT2D eigenvalue weighted by Crippen LogP contribution is 2.26. The first-order valence-electron chi connectivity index (χ1n) is 6.67. The number of carbonyl (C=O) groups is 1. The summed E-state index contributed by atoms with van der Waals surface area (Å²) in [7, 11) is 0. The van der Waals surface area contributed by atoms with Gasteiger partial charge < -0.3 is 10.1 Å². The van der Waals surface area contributed by atoms with Gasteiger partial charge in [0, 0.05) is 10.0 Å². The van der Waals surface area contributed by atoms with E-state index < -0.39 is 6.10 Å². The minimum absolute atomic E-state index is 0.285. The summed E-state index contributed by atoms with van der Waals surface area (Å²) in [6.07, 6.45) is -0.144. The van der Waals surface area contributed by atoms with Crippen LogP contribution in [0.3, 0.4) is 0 Å². The lowest BCUT2D eigenvalue weighted by atomic mass is 10.2. The number of carbonyl (C=O) groups excluding carboxylic acids is 1. The molecule has 1 amide bonds. The molecule has 1 N–H and O–H groups in total. The number of ether oxygens (including phenoxy) is 1. The number of anilines is 1. The number of amides is 1. The number of hydrogen-bond donors (Lipinski definition) is 1. The Morgan fingerprint density at radius 3 is 2.50 bits per heavy atom. The van der Waals surface area contributed by atoms with E-state index in [9.17, 15) is 4.79 Å². The maximum atomic E-state index is 12.3. The molecule has 0 saturated heterocycles. The first kappa shape index (κ1) is 16.9. The lowest BCUT2D eigenvalue weighted by molar-refractivity contribution is -0.122. The van der Waals surface area contributed by atoms with Gasteiger partial charge in [0.1, 0.15) is 5.75 Å². The predicted molar refractivity (Wildman–Crippen MR) is 91.3 cm³/mol. The Hall–Kier alpha value is -1.42. The highest BCUT2D eigenvalue weighted by Gasteiger charge is 2.19. The van der Waals surface area contributed by atoms with Crippen LogP contribution in [0.2, 0.25) is 15.1 Å². The van der Waals surface area contributed by atoms with Gasteiger partial charge in [-0.2, -0.15) is 0 Å². The van der Waals surface area contributed by atoms with Crippen molar-refractivity contribution in [3.05, 3.63) is 57.5 Å². The highest BCUT2D eigenvalue weighted by molar-refractivity contribution is 6.36. The number of hydrogen-bond acceptors (Lipinski definition) is 2. The van der Waals surface area contributed by atoms with Crippen LogP contribution in [-0.4, -0.2) is 12.0 Å². The summed E-state index contributed by atoms with van der Waals surface area (Å²) >= 11 is 17.8. The summed E-state index contributed by atoms with van der Waals surface area (Å²) in [5.74, 6) is 0.253. The number of benzene rings is 2. The molecule has 1 atom stereocenters. The molecule has 22 heavy (non-hydrogen) atoms. The number of halogens is 3. The second-order valence-corrected chi connectivity index (χ2v) is 5.87. The molecule has 0 bridgehead atoms. The van der Waals surface area contributed by atoms with Crippen LogP contribution in [0.5, 0.6) is 5.75 Å². The molecule has 6 heteroatoms. The Morgan fingerprint density at radius 2 is 1.86 bits per heavy atom. The molecule has 2 rings (SSSR count).